The Morgan fingerprint density at radius 1 is 1.31 bits per heavy atom. The third-order valence-electron chi connectivity index (χ3n) is 2.08. The molecule has 0 saturated carbocycles. The molecule has 0 heterocycles. The van der Waals surface area contributed by atoms with E-state index in [1.165, 1.54) is 6.08 Å². The van der Waals surface area contributed by atoms with Crippen molar-refractivity contribution in [2.75, 3.05) is 6.61 Å². The normalized spacial score (nSPS) is 14.9. The van der Waals surface area contributed by atoms with E-state index in [0.29, 0.717) is 0 Å². The minimum atomic E-state index is -0.688. The van der Waals surface area contributed by atoms with Crippen LogP contribution in [0.5, 0.6) is 0 Å². The molecule has 1 rings (SSSR count). The lowest BCUT2D eigenvalue weighted by molar-refractivity contribution is 0.142. The molecule has 2 heteroatoms. The SMILES string of the molecule is C=CC(O)C(CO)c1ccccc1. The van der Waals surface area contributed by atoms with Crippen LogP contribution in [-0.4, -0.2) is 22.9 Å². The predicted octanol–water partition coefficient (Wildman–Crippen LogP) is 1.31. The molecule has 2 N–H and O–H groups in total. The van der Waals surface area contributed by atoms with Gasteiger partial charge in [-0.15, -0.1) is 6.58 Å². The predicted molar refractivity (Wildman–Crippen MR) is 52.5 cm³/mol. The lowest BCUT2D eigenvalue weighted by Crippen LogP contribution is -2.19. The Morgan fingerprint density at radius 3 is 2.38 bits per heavy atom. The second-order valence-corrected chi connectivity index (χ2v) is 2.93. The van der Waals surface area contributed by atoms with Crippen LogP contribution in [-0.2, 0) is 0 Å². The topological polar surface area (TPSA) is 40.5 Å². The summed E-state index contributed by atoms with van der Waals surface area (Å²) in [5.41, 5.74) is 0.928. The quantitative estimate of drug-likeness (QED) is 0.682. The van der Waals surface area contributed by atoms with Crippen molar-refractivity contribution >= 4 is 0 Å². The fourth-order valence-electron chi connectivity index (χ4n) is 1.28. The van der Waals surface area contributed by atoms with Gasteiger partial charge in [-0.2, -0.15) is 0 Å². The van der Waals surface area contributed by atoms with Crippen LogP contribution < -0.4 is 0 Å². The average Bonchev–Trinajstić information content (AvgIpc) is 2.20. The molecule has 2 nitrogen and oxygen atoms in total. The molecule has 0 aromatic heterocycles. The van der Waals surface area contributed by atoms with Crippen LogP contribution >= 0.6 is 0 Å². The van der Waals surface area contributed by atoms with Crippen molar-refractivity contribution in [3.8, 4) is 0 Å². The van der Waals surface area contributed by atoms with Gasteiger partial charge in [-0.05, 0) is 5.56 Å². The standard InChI is InChI=1S/C11H14O2/c1-2-11(13)10(8-12)9-6-4-3-5-7-9/h2-7,10-13H,1,8H2. The van der Waals surface area contributed by atoms with E-state index in [2.05, 4.69) is 6.58 Å². The fourth-order valence-corrected chi connectivity index (χ4v) is 1.28. The summed E-state index contributed by atoms with van der Waals surface area (Å²) in [5, 5.41) is 18.6. The molecule has 70 valence electrons. The summed E-state index contributed by atoms with van der Waals surface area (Å²) in [7, 11) is 0. The molecule has 0 saturated heterocycles. The van der Waals surface area contributed by atoms with E-state index < -0.39 is 6.10 Å². The van der Waals surface area contributed by atoms with Gasteiger partial charge < -0.3 is 10.2 Å². The summed E-state index contributed by atoms with van der Waals surface area (Å²) in [6.45, 7) is 3.42. The van der Waals surface area contributed by atoms with Crippen molar-refractivity contribution in [3.63, 3.8) is 0 Å². The Balaban J connectivity index is 2.84. The fraction of sp³-hybridized carbons (Fsp3) is 0.273. The highest BCUT2D eigenvalue weighted by molar-refractivity contribution is 5.22. The third-order valence-corrected chi connectivity index (χ3v) is 2.08. The summed E-state index contributed by atoms with van der Waals surface area (Å²) in [4.78, 5) is 0. The molecule has 0 bridgehead atoms. The maximum atomic E-state index is 9.49. The van der Waals surface area contributed by atoms with E-state index >= 15 is 0 Å². The van der Waals surface area contributed by atoms with Crippen LogP contribution in [0.2, 0.25) is 0 Å². The number of benzene rings is 1. The number of rotatable bonds is 4. The number of hydrogen-bond acceptors (Lipinski definition) is 2. The van der Waals surface area contributed by atoms with Crippen molar-refractivity contribution in [1.29, 1.82) is 0 Å². The van der Waals surface area contributed by atoms with Gasteiger partial charge >= 0.3 is 0 Å². The summed E-state index contributed by atoms with van der Waals surface area (Å²) in [6, 6.07) is 9.43. The highest BCUT2D eigenvalue weighted by Gasteiger charge is 2.16. The highest BCUT2D eigenvalue weighted by atomic mass is 16.3. The zero-order chi connectivity index (χ0) is 9.68. The van der Waals surface area contributed by atoms with E-state index in [9.17, 15) is 5.11 Å². The van der Waals surface area contributed by atoms with Crippen molar-refractivity contribution in [2.45, 2.75) is 12.0 Å². The van der Waals surface area contributed by atoms with Gasteiger partial charge in [0.25, 0.3) is 0 Å². The maximum Gasteiger partial charge on any atom is 0.0808 e. The molecule has 2 atom stereocenters. The van der Waals surface area contributed by atoms with Crippen molar-refractivity contribution in [1.82, 2.24) is 0 Å². The Labute approximate surface area is 78.2 Å². The van der Waals surface area contributed by atoms with Crippen molar-refractivity contribution in [2.24, 2.45) is 0 Å². The lowest BCUT2D eigenvalue weighted by Gasteiger charge is -2.17. The van der Waals surface area contributed by atoms with Crippen LogP contribution in [0, 0.1) is 0 Å². The monoisotopic (exact) mass is 178 g/mol. The molecule has 13 heavy (non-hydrogen) atoms. The molecule has 0 aliphatic heterocycles. The summed E-state index contributed by atoms with van der Waals surface area (Å²) in [6.07, 6.45) is 0.751. The van der Waals surface area contributed by atoms with Gasteiger partial charge in [0.05, 0.1) is 12.7 Å². The van der Waals surface area contributed by atoms with Crippen LogP contribution in [0.1, 0.15) is 11.5 Å². The molecule has 0 amide bonds. The zero-order valence-corrected chi connectivity index (χ0v) is 7.43. The van der Waals surface area contributed by atoms with E-state index in [-0.39, 0.29) is 12.5 Å². The lowest BCUT2D eigenvalue weighted by atomic mass is 9.94. The maximum absolute atomic E-state index is 9.49. The summed E-state index contributed by atoms with van der Waals surface area (Å²) >= 11 is 0. The average molecular weight is 178 g/mol. The van der Waals surface area contributed by atoms with Crippen LogP contribution in [0.4, 0.5) is 0 Å². The molecule has 0 aliphatic carbocycles. The van der Waals surface area contributed by atoms with E-state index in [1.807, 2.05) is 30.3 Å². The smallest absolute Gasteiger partial charge is 0.0808 e. The van der Waals surface area contributed by atoms with Crippen LogP contribution in [0.3, 0.4) is 0 Å². The van der Waals surface area contributed by atoms with E-state index in [0.717, 1.165) is 5.56 Å². The second-order valence-electron chi connectivity index (χ2n) is 2.93. The molecule has 1 aromatic rings. The first-order valence-corrected chi connectivity index (χ1v) is 4.26. The zero-order valence-electron chi connectivity index (χ0n) is 7.43. The molecule has 1 aromatic carbocycles. The largest absolute Gasteiger partial charge is 0.396 e. The third kappa shape index (κ3) is 2.41. The van der Waals surface area contributed by atoms with Gasteiger partial charge in [-0.25, -0.2) is 0 Å². The van der Waals surface area contributed by atoms with Gasteiger partial charge in [0, 0.05) is 5.92 Å². The summed E-state index contributed by atoms with van der Waals surface area (Å²) < 4.78 is 0. The van der Waals surface area contributed by atoms with Gasteiger partial charge in [0.15, 0.2) is 0 Å². The van der Waals surface area contributed by atoms with Crippen LogP contribution in [0.25, 0.3) is 0 Å². The highest BCUT2D eigenvalue weighted by Crippen LogP contribution is 2.19. The molecule has 0 fully saturated rings. The Hall–Kier alpha value is -1.12. The van der Waals surface area contributed by atoms with Crippen molar-refractivity contribution in [3.05, 3.63) is 48.6 Å². The Morgan fingerprint density at radius 2 is 1.92 bits per heavy atom. The number of hydrogen-bond donors (Lipinski definition) is 2. The first-order valence-electron chi connectivity index (χ1n) is 4.26. The minimum absolute atomic E-state index is 0.0722. The molecular weight excluding hydrogens is 164 g/mol. The molecule has 0 spiro atoms. The second kappa shape index (κ2) is 4.80. The summed E-state index contributed by atoms with van der Waals surface area (Å²) in [5.74, 6) is -0.265. The van der Waals surface area contributed by atoms with Gasteiger partial charge in [-0.1, -0.05) is 36.4 Å². The van der Waals surface area contributed by atoms with Gasteiger partial charge in [0.2, 0.25) is 0 Å². The van der Waals surface area contributed by atoms with Crippen LogP contribution in [0.15, 0.2) is 43.0 Å². The molecule has 0 aliphatic rings. The van der Waals surface area contributed by atoms with Gasteiger partial charge in [0.1, 0.15) is 0 Å². The van der Waals surface area contributed by atoms with E-state index in [4.69, 9.17) is 5.11 Å². The van der Waals surface area contributed by atoms with Crippen molar-refractivity contribution < 1.29 is 10.2 Å². The first kappa shape index (κ1) is 9.96. The minimum Gasteiger partial charge on any atom is -0.396 e. The first-order chi connectivity index (χ1) is 6.29. The van der Waals surface area contributed by atoms with E-state index in [1.54, 1.807) is 0 Å². The molecule has 0 radical (unpaired) electrons. The van der Waals surface area contributed by atoms with Gasteiger partial charge in [-0.3, -0.25) is 0 Å². The Bertz CT molecular complexity index is 256. The number of aliphatic hydroxyl groups is 2. The molecular formula is C11H14O2. The Kier molecular flexibility index (Phi) is 3.68. The number of aliphatic hydroxyl groups excluding tert-OH is 2. The molecule has 2 unspecified atom stereocenters.